The fourth-order valence-corrected chi connectivity index (χ4v) is 4.04. The summed E-state index contributed by atoms with van der Waals surface area (Å²) in [5.74, 6) is -0.358. The summed E-state index contributed by atoms with van der Waals surface area (Å²) < 4.78 is 2.76. The van der Waals surface area contributed by atoms with Gasteiger partial charge in [-0.05, 0) is 84.7 Å². The summed E-state index contributed by atoms with van der Waals surface area (Å²) in [5, 5.41) is 13.6. The molecule has 5 N–H and O–H groups in total. The Labute approximate surface area is 193 Å². The van der Waals surface area contributed by atoms with Gasteiger partial charge in [0.2, 0.25) is 5.91 Å². The molecule has 0 unspecified atom stereocenters. The van der Waals surface area contributed by atoms with Crippen LogP contribution in [0.5, 0.6) is 0 Å². The predicted octanol–water partition coefficient (Wildman–Crippen LogP) is 5.74. The molecule has 0 saturated heterocycles. The van der Waals surface area contributed by atoms with E-state index in [2.05, 4.69) is 10.0 Å². The zero-order valence-electron chi connectivity index (χ0n) is 18.7. The van der Waals surface area contributed by atoms with Gasteiger partial charge in [0.25, 0.3) is 0 Å². The smallest absolute Gasteiger partial charge is 0.329 e. The van der Waals surface area contributed by atoms with Crippen LogP contribution in [-0.4, -0.2) is 17.0 Å². The van der Waals surface area contributed by atoms with E-state index in [1.54, 1.807) is 44.2 Å². The molecule has 0 aliphatic heterocycles. The summed E-state index contributed by atoms with van der Waals surface area (Å²) in [7, 11) is 0. The number of anilines is 1. The molecule has 168 valence electrons. The van der Waals surface area contributed by atoms with Gasteiger partial charge in [-0.3, -0.25) is 9.52 Å². The van der Waals surface area contributed by atoms with Crippen LogP contribution in [0.15, 0.2) is 35.2 Å². The van der Waals surface area contributed by atoms with E-state index >= 15 is 0 Å². The van der Waals surface area contributed by atoms with Gasteiger partial charge in [-0.1, -0.05) is 39.3 Å². The van der Waals surface area contributed by atoms with Crippen LogP contribution < -0.4 is 15.8 Å². The average Bonchev–Trinajstić information content (AvgIpc) is 2.64. The number of nitrogens with one attached hydrogen (secondary N) is 2. The number of halogens is 1. The van der Waals surface area contributed by atoms with Crippen molar-refractivity contribution in [2.75, 3.05) is 5.32 Å². The van der Waals surface area contributed by atoms with Gasteiger partial charge in [-0.2, -0.15) is 0 Å². The maximum Gasteiger partial charge on any atom is 0.329 e. The number of urea groups is 1. The third-order valence-electron chi connectivity index (χ3n) is 4.81. The van der Waals surface area contributed by atoms with E-state index < -0.39 is 17.5 Å². The van der Waals surface area contributed by atoms with Crippen LogP contribution in [-0.2, 0) is 5.60 Å². The van der Waals surface area contributed by atoms with E-state index in [0.717, 1.165) is 23.1 Å². The molecule has 0 fully saturated rings. The minimum absolute atomic E-state index is 0.0713. The number of aliphatic hydroxyl groups is 1. The molecule has 0 radical (unpaired) electrons. The van der Waals surface area contributed by atoms with Crippen molar-refractivity contribution in [2.24, 2.45) is 5.73 Å². The lowest BCUT2D eigenvalue weighted by molar-refractivity contribution is 0.0783. The summed E-state index contributed by atoms with van der Waals surface area (Å²) in [4.78, 5) is 25.2. The lowest BCUT2D eigenvalue weighted by Gasteiger charge is -2.22. The Morgan fingerprint density at radius 2 is 1.58 bits per heavy atom. The molecule has 6 nitrogen and oxygen atoms in total. The first-order valence-corrected chi connectivity index (χ1v) is 11.2. The van der Waals surface area contributed by atoms with Gasteiger partial charge in [0.05, 0.1) is 5.60 Å². The Morgan fingerprint density at radius 3 is 2.03 bits per heavy atom. The standard InChI is InChI=1S/C23H30ClN3O3S/c1-12(2)18-7-14(21(25)28)8-19(13(3)4)20(18)26-22(29)27-31-17-10-15(23(5,6)30)9-16(24)11-17/h7-13,30H,1-6H3,(H2,25,28)(H2,26,27,29). The highest BCUT2D eigenvalue weighted by Crippen LogP contribution is 2.34. The average molecular weight is 464 g/mol. The van der Waals surface area contributed by atoms with Gasteiger partial charge < -0.3 is 16.2 Å². The monoisotopic (exact) mass is 463 g/mol. The number of primary amides is 1. The van der Waals surface area contributed by atoms with Gasteiger partial charge in [0.15, 0.2) is 0 Å². The molecule has 2 aromatic rings. The molecule has 3 amide bonds. The molecule has 31 heavy (non-hydrogen) atoms. The highest BCUT2D eigenvalue weighted by molar-refractivity contribution is 7.98. The van der Waals surface area contributed by atoms with Crippen molar-refractivity contribution < 1.29 is 14.7 Å². The molecule has 2 rings (SSSR count). The second kappa shape index (κ2) is 9.94. The molecule has 0 aromatic heterocycles. The number of carbonyl (C=O) groups excluding carboxylic acids is 2. The molecule has 0 bridgehead atoms. The molecular weight excluding hydrogens is 434 g/mol. The summed E-state index contributed by atoms with van der Waals surface area (Å²) in [6.07, 6.45) is 0. The van der Waals surface area contributed by atoms with Gasteiger partial charge in [0, 0.05) is 21.2 Å². The molecule has 0 saturated carbocycles. The maximum absolute atomic E-state index is 12.7. The number of carbonyl (C=O) groups is 2. The lowest BCUT2D eigenvalue weighted by Crippen LogP contribution is -2.25. The molecule has 0 spiro atoms. The number of hydrogen-bond acceptors (Lipinski definition) is 4. The summed E-state index contributed by atoms with van der Waals surface area (Å²) in [6.45, 7) is 11.3. The molecule has 8 heteroatoms. The van der Waals surface area contributed by atoms with Crippen molar-refractivity contribution in [1.29, 1.82) is 0 Å². The number of hydrogen-bond donors (Lipinski definition) is 4. The third-order valence-corrected chi connectivity index (χ3v) is 5.78. The first-order valence-electron chi connectivity index (χ1n) is 10.0. The number of rotatable bonds is 7. The van der Waals surface area contributed by atoms with Crippen molar-refractivity contribution in [3.8, 4) is 0 Å². The van der Waals surface area contributed by atoms with Crippen LogP contribution in [0, 0.1) is 0 Å². The van der Waals surface area contributed by atoms with Crippen molar-refractivity contribution in [1.82, 2.24) is 4.72 Å². The second-order valence-corrected chi connectivity index (χ2v) is 9.91. The Kier molecular flexibility index (Phi) is 8.03. The Bertz CT molecular complexity index is 956. The maximum atomic E-state index is 12.7. The predicted molar refractivity (Wildman–Crippen MR) is 128 cm³/mol. The highest BCUT2D eigenvalue weighted by Gasteiger charge is 2.20. The first kappa shape index (κ1) is 25.0. The van der Waals surface area contributed by atoms with Crippen molar-refractivity contribution in [3.63, 3.8) is 0 Å². The molecule has 0 heterocycles. The van der Waals surface area contributed by atoms with Gasteiger partial charge in [0.1, 0.15) is 0 Å². The fraction of sp³-hybridized carbons (Fsp3) is 0.391. The van der Waals surface area contributed by atoms with Gasteiger partial charge in [-0.25, -0.2) is 4.79 Å². The van der Waals surface area contributed by atoms with E-state index in [4.69, 9.17) is 17.3 Å². The van der Waals surface area contributed by atoms with Crippen LogP contribution in [0.2, 0.25) is 5.02 Å². The molecule has 0 aliphatic carbocycles. The van der Waals surface area contributed by atoms with E-state index in [1.165, 1.54) is 0 Å². The SMILES string of the molecule is CC(C)c1cc(C(N)=O)cc(C(C)C)c1NC(=O)NSc1cc(Cl)cc(C(C)(C)O)c1. The number of benzene rings is 2. The van der Waals surface area contributed by atoms with Crippen molar-refractivity contribution in [3.05, 3.63) is 57.6 Å². The fourth-order valence-electron chi connectivity index (χ4n) is 3.10. The van der Waals surface area contributed by atoms with Gasteiger partial charge >= 0.3 is 6.03 Å². The van der Waals surface area contributed by atoms with Crippen LogP contribution >= 0.6 is 23.5 Å². The van der Waals surface area contributed by atoms with Crippen LogP contribution in [0.1, 0.15) is 80.4 Å². The van der Waals surface area contributed by atoms with Crippen molar-refractivity contribution >= 4 is 41.2 Å². The van der Waals surface area contributed by atoms with E-state index in [9.17, 15) is 14.7 Å². The Hall–Kier alpha value is -2.22. The second-order valence-electron chi connectivity index (χ2n) is 8.60. The molecular formula is C23H30ClN3O3S. The van der Waals surface area contributed by atoms with Crippen LogP contribution in [0.4, 0.5) is 10.5 Å². The van der Waals surface area contributed by atoms with Gasteiger partial charge in [-0.15, -0.1) is 0 Å². The minimum atomic E-state index is -1.05. The van der Waals surface area contributed by atoms with Crippen molar-refractivity contribution in [2.45, 2.75) is 63.9 Å². The summed E-state index contributed by atoms with van der Waals surface area (Å²) >= 11 is 7.26. The molecule has 2 aromatic carbocycles. The third kappa shape index (κ3) is 6.63. The number of amides is 3. The Balaban J connectivity index is 2.28. The Morgan fingerprint density at radius 1 is 1.03 bits per heavy atom. The summed E-state index contributed by atoms with van der Waals surface area (Å²) in [5.41, 5.74) is 7.88. The largest absolute Gasteiger partial charge is 0.386 e. The highest BCUT2D eigenvalue weighted by atomic mass is 35.5. The topological polar surface area (TPSA) is 104 Å². The zero-order valence-corrected chi connectivity index (χ0v) is 20.2. The lowest BCUT2D eigenvalue weighted by atomic mass is 9.90. The summed E-state index contributed by atoms with van der Waals surface area (Å²) in [6, 6.07) is 8.23. The number of nitrogens with two attached hydrogens (primary N) is 1. The molecule has 0 aliphatic rings. The minimum Gasteiger partial charge on any atom is -0.386 e. The van der Waals surface area contributed by atoms with E-state index in [0.29, 0.717) is 26.7 Å². The molecule has 0 atom stereocenters. The normalized spacial score (nSPS) is 11.7. The van der Waals surface area contributed by atoms with E-state index in [1.807, 2.05) is 27.7 Å². The van der Waals surface area contributed by atoms with E-state index in [-0.39, 0.29) is 11.8 Å². The van der Waals surface area contributed by atoms with Crippen LogP contribution in [0.25, 0.3) is 0 Å². The zero-order chi connectivity index (χ0) is 23.5. The quantitative estimate of drug-likeness (QED) is 0.393. The first-order chi connectivity index (χ1) is 14.3. The van der Waals surface area contributed by atoms with Crippen LogP contribution in [0.3, 0.4) is 0 Å².